The Labute approximate surface area is 194 Å². The zero-order valence-corrected chi connectivity index (χ0v) is 19.9. The summed E-state index contributed by atoms with van der Waals surface area (Å²) >= 11 is 0. The lowest BCUT2D eigenvalue weighted by molar-refractivity contribution is 0.428. The summed E-state index contributed by atoms with van der Waals surface area (Å²) in [7, 11) is -3.72. The van der Waals surface area contributed by atoms with E-state index < -0.39 is 15.8 Å². The summed E-state index contributed by atoms with van der Waals surface area (Å²) in [4.78, 5) is 6.69. The van der Waals surface area contributed by atoms with Crippen molar-refractivity contribution in [2.45, 2.75) is 43.7 Å². The van der Waals surface area contributed by atoms with Crippen LogP contribution in [0.15, 0.2) is 58.4 Å². The first-order valence-electron chi connectivity index (χ1n) is 9.82. The highest BCUT2D eigenvalue weighted by atomic mass is 127. The molecule has 0 atom stereocenters. The van der Waals surface area contributed by atoms with Crippen LogP contribution in [0, 0.1) is 5.82 Å². The van der Waals surface area contributed by atoms with E-state index in [1.165, 1.54) is 31.0 Å². The van der Waals surface area contributed by atoms with Gasteiger partial charge in [-0.15, -0.1) is 24.0 Å². The highest BCUT2D eigenvalue weighted by molar-refractivity contribution is 14.0. The smallest absolute Gasteiger partial charge is 0.240 e. The van der Waals surface area contributed by atoms with Gasteiger partial charge in [-0.05, 0) is 48.2 Å². The quantitative estimate of drug-likeness (QED) is 0.329. The lowest BCUT2D eigenvalue weighted by atomic mass is 10.2. The summed E-state index contributed by atoms with van der Waals surface area (Å²) in [6.07, 6.45) is 4.65. The molecule has 3 N–H and O–H groups in total. The molecule has 164 valence electrons. The van der Waals surface area contributed by atoms with Gasteiger partial charge in [0.1, 0.15) is 5.82 Å². The number of benzene rings is 2. The number of nitrogens with zero attached hydrogens (tertiary/aromatic N) is 2. The molecule has 6 nitrogen and oxygen atoms in total. The highest BCUT2D eigenvalue weighted by Gasteiger charge is 2.15. The second-order valence-electron chi connectivity index (χ2n) is 7.18. The van der Waals surface area contributed by atoms with Gasteiger partial charge in [0, 0.05) is 19.6 Å². The van der Waals surface area contributed by atoms with Crippen LogP contribution < -0.4 is 10.5 Å². The molecule has 1 fully saturated rings. The molecule has 1 aliphatic heterocycles. The van der Waals surface area contributed by atoms with Crippen molar-refractivity contribution >= 4 is 40.0 Å². The van der Waals surface area contributed by atoms with Gasteiger partial charge < -0.3 is 10.6 Å². The molecule has 1 heterocycles. The van der Waals surface area contributed by atoms with Crippen molar-refractivity contribution in [3.8, 4) is 0 Å². The van der Waals surface area contributed by atoms with E-state index in [4.69, 9.17) is 5.73 Å². The SMILES string of the molecule is I.NC(=NCc1cccc(S(=O)(=O)NCc2cccc(F)c2)c1)N1CCCCCC1. The number of halogens is 2. The van der Waals surface area contributed by atoms with Crippen molar-refractivity contribution in [2.75, 3.05) is 13.1 Å². The van der Waals surface area contributed by atoms with E-state index in [1.54, 1.807) is 24.3 Å². The maximum absolute atomic E-state index is 13.3. The van der Waals surface area contributed by atoms with Gasteiger partial charge in [-0.3, -0.25) is 0 Å². The highest BCUT2D eigenvalue weighted by Crippen LogP contribution is 2.14. The second-order valence-corrected chi connectivity index (χ2v) is 8.94. The first-order chi connectivity index (χ1) is 13.9. The average Bonchev–Trinajstić information content (AvgIpc) is 3.01. The second kappa shape index (κ2) is 11.6. The third-order valence-corrected chi connectivity index (χ3v) is 6.32. The molecule has 0 aromatic heterocycles. The van der Waals surface area contributed by atoms with Gasteiger partial charge in [-0.1, -0.05) is 37.1 Å². The fourth-order valence-electron chi connectivity index (χ4n) is 3.29. The summed E-state index contributed by atoms with van der Waals surface area (Å²) < 4.78 is 41.0. The first-order valence-corrected chi connectivity index (χ1v) is 11.3. The minimum Gasteiger partial charge on any atom is -0.370 e. The van der Waals surface area contributed by atoms with E-state index in [9.17, 15) is 12.8 Å². The van der Waals surface area contributed by atoms with Gasteiger partial charge >= 0.3 is 0 Å². The lowest BCUT2D eigenvalue weighted by Crippen LogP contribution is -2.38. The minimum atomic E-state index is -3.72. The van der Waals surface area contributed by atoms with Crippen LogP contribution in [0.1, 0.15) is 36.8 Å². The number of likely N-dealkylation sites (tertiary alicyclic amines) is 1. The van der Waals surface area contributed by atoms with E-state index in [-0.39, 0.29) is 35.4 Å². The third kappa shape index (κ3) is 7.21. The van der Waals surface area contributed by atoms with Crippen LogP contribution in [0.5, 0.6) is 0 Å². The molecule has 0 spiro atoms. The minimum absolute atomic E-state index is 0. The van der Waals surface area contributed by atoms with E-state index >= 15 is 0 Å². The maximum atomic E-state index is 13.3. The maximum Gasteiger partial charge on any atom is 0.240 e. The molecule has 30 heavy (non-hydrogen) atoms. The van der Waals surface area contributed by atoms with Gasteiger partial charge in [0.2, 0.25) is 10.0 Å². The van der Waals surface area contributed by atoms with E-state index in [1.807, 2.05) is 6.07 Å². The number of hydrogen-bond acceptors (Lipinski definition) is 3. The van der Waals surface area contributed by atoms with Crippen molar-refractivity contribution < 1.29 is 12.8 Å². The Morgan fingerprint density at radius 2 is 1.70 bits per heavy atom. The Hall–Kier alpha value is -1.72. The Kier molecular flexibility index (Phi) is 9.50. The Morgan fingerprint density at radius 1 is 1.03 bits per heavy atom. The number of sulfonamides is 1. The topological polar surface area (TPSA) is 87.8 Å². The van der Waals surface area contributed by atoms with Crippen LogP contribution in [0.4, 0.5) is 4.39 Å². The number of rotatable bonds is 6. The van der Waals surface area contributed by atoms with Crippen LogP contribution in [-0.4, -0.2) is 32.4 Å². The van der Waals surface area contributed by atoms with Crippen molar-refractivity contribution in [3.63, 3.8) is 0 Å². The lowest BCUT2D eigenvalue weighted by Gasteiger charge is -2.21. The summed E-state index contributed by atoms with van der Waals surface area (Å²) in [5.74, 6) is 0.105. The van der Waals surface area contributed by atoms with Crippen LogP contribution in [-0.2, 0) is 23.1 Å². The van der Waals surface area contributed by atoms with E-state index in [0.717, 1.165) is 31.5 Å². The summed E-state index contributed by atoms with van der Waals surface area (Å²) in [6, 6.07) is 12.5. The Morgan fingerprint density at radius 3 is 2.40 bits per heavy atom. The van der Waals surface area contributed by atoms with E-state index in [0.29, 0.717) is 18.1 Å². The van der Waals surface area contributed by atoms with Crippen molar-refractivity contribution in [2.24, 2.45) is 10.7 Å². The normalized spacial score (nSPS) is 15.4. The molecule has 0 saturated carbocycles. The first kappa shape index (κ1) is 24.5. The summed E-state index contributed by atoms with van der Waals surface area (Å²) in [6.45, 7) is 2.15. The van der Waals surface area contributed by atoms with Crippen molar-refractivity contribution in [1.82, 2.24) is 9.62 Å². The molecule has 2 aromatic rings. The number of guanidine groups is 1. The van der Waals surface area contributed by atoms with E-state index in [2.05, 4.69) is 14.6 Å². The molecule has 0 amide bonds. The number of hydrogen-bond donors (Lipinski definition) is 2. The standard InChI is InChI=1S/C21H27FN4O2S.HI/c22-19-9-5-7-17(13-19)16-25-29(27,28)20-10-6-8-18(14-20)15-24-21(23)26-11-3-1-2-4-12-26;/h5-10,13-14,25H,1-4,11-12,15-16H2,(H2,23,24);1H. The fourth-order valence-corrected chi connectivity index (χ4v) is 4.38. The predicted octanol–water partition coefficient (Wildman–Crippen LogP) is 3.61. The van der Waals surface area contributed by atoms with Crippen LogP contribution in [0.25, 0.3) is 0 Å². The Bertz CT molecular complexity index is 961. The van der Waals surface area contributed by atoms with Crippen molar-refractivity contribution in [3.05, 3.63) is 65.5 Å². The van der Waals surface area contributed by atoms with Gasteiger partial charge in [-0.25, -0.2) is 22.5 Å². The number of nitrogens with one attached hydrogen (secondary N) is 1. The zero-order valence-electron chi connectivity index (χ0n) is 16.8. The number of nitrogens with two attached hydrogens (primary N) is 1. The van der Waals surface area contributed by atoms with Gasteiger partial charge in [0.25, 0.3) is 0 Å². The molecule has 0 unspecified atom stereocenters. The molecule has 1 saturated heterocycles. The molecule has 9 heteroatoms. The fraction of sp³-hybridized carbons (Fsp3) is 0.381. The average molecular weight is 546 g/mol. The van der Waals surface area contributed by atoms with Gasteiger partial charge in [0.05, 0.1) is 11.4 Å². The third-order valence-electron chi connectivity index (χ3n) is 4.92. The van der Waals surface area contributed by atoms with Crippen LogP contribution in [0.3, 0.4) is 0 Å². The van der Waals surface area contributed by atoms with Gasteiger partial charge in [-0.2, -0.15) is 0 Å². The van der Waals surface area contributed by atoms with Crippen molar-refractivity contribution in [1.29, 1.82) is 0 Å². The summed E-state index contributed by atoms with van der Waals surface area (Å²) in [5.41, 5.74) is 7.44. The molecule has 2 aromatic carbocycles. The molecule has 1 aliphatic rings. The van der Waals surface area contributed by atoms with Crippen LogP contribution >= 0.6 is 24.0 Å². The summed E-state index contributed by atoms with van der Waals surface area (Å²) in [5, 5.41) is 0. The molecule has 0 radical (unpaired) electrons. The number of aliphatic imine (C=N–C) groups is 1. The largest absolute Gasteiger partial charge is 0.370 e. The van der Waals surface area contributed by atoms with Gasteiger partial charge in [0.15, 0.2) is 5.96 Å². The zero-order chi connectivity index (χ0) is 20.7. The predicted molar refractivity (Wildman–Crippen MR) is 128 cm³/mol. The van der Waals surface area contributed by atoms with Crippen LogP contribution in [0.2, 0.25) is 0 Å². The Balaban J connectivity index is 0.00000320. The molecule has 3 rings (SSSR count). The molecule has 0 aliphatic carbocycles. The molecular formula is C21H28FIN4O2S. The monoisotopic (exact) mass is 546 g/mol. The molecular weight excluding hydrogens is 518 g/mol. The molecule has 0 bridgehead atoms.